The first kappa shape index (κ1) is 28.5. The highest BCUT2D eigenvalue weighted by atomic mass is 32.2. The minimum absolute atomic E-state index is 0.141. The number of nitrogens with zero attached hydrogens (tertiary/aromatic N) is 5. The van der Waals surface area contributed by atoms with Crippen LogP contribution in [0, 0.1) is 0 Å². The summed E-state index contributed by atoms with van der Waals surface area (Å²) in [5, 5.41) is 1.05. The first-order valence-electron chi connectivity index (χ1n) is 45.4. The molecule has 0 fully saturated rings. The van der Waals surface area contributed by atoms with Crippen LogP contribution in [0.15, 0.2) is 330 Å². The zero-order chi connectivity index (χ0) is 89.4. The van der Waals surface area contributed by atoms with Gasteiger partial charge in [-0.15, -0.1) is 0 Å². The first-order chi connectivity index (χ1) is 59.2. The lowest BCUT2D eigenvalue weighted by Gasteiger charge is -2.41. The number of benzene rings is 14. The van der Waals surface area contributed by atoms with Gasteiger partial charge in [0.25, 0.3) is 0 Å². The molecule has 1 spiro atoms. The Labute approximate surface area is 578 Å². The monoisotopic (exact) mass is 1230 g/mol. The Kier molecular flexibility index (Phi) is 6.31. The van der Waals surface area contributed by atoms with Crippen molar-refractivity contribution in [3.05, 3.63) is 343 Å². The maximum absolute atomic E-state index is 11.5. The van der Waals surface area contributed by atoms with Gasteiger partial charge in [0.1, 0.15) is 0 Å². The van der Waals surface area contributed by atoms with Gasteiger partial charge >= 0.3 is 0 Å². The predicted octanol–water partition coefficient (Wildman–Crippen LogP) is 17.9. The van der Waals surface area contributed by atoms with Gasteiger partial charge in [-0.05, 0) is 124 Å². The number of rotatable bonds is 8. The molecule has 4 heterocycles. The molecule has 0 saturated heterocycles. The fourth-order valence-corrected chi connectivity index (χ4v) is 19.4. The number of para-hydroxylation sites is 5. The lowest BCUT2D eigenvalue weighted by atomic mass is 9.67. The Balaban J connectivity index is 1.01. The van der Waals surface area contributed by atoms with Crippen molar-refractivity contribution < 1.29 is 46.6 Å². The molecule has 0 amide bonds. The fourth-order valence-electron chi connectivity index (χ4n) is 13.4. The Morgan fingerprint density at radius 1 is 0.352 bits per heavy atom. The second-order valence-corrected chi connectivity index (χ2v) is 26.3. The van der Waals surface area contributed by atoms with Crippen LogP contribution in [-0.2, 0) is 5.41 Å². The minimum atomic E-state index is -5.09. The van der Waals surface area contributed by atoms with Crippen LogP contribution in [0.5, 0.6) is 0 Å². The highest BCUT2D eigenvalue weighted by molar-refractivity contribution is 7.99. The molecule has 1 atom stereocenters. The van der Waals surface area contributed by atoms with Crippen molar-refractivity contribution in [2.45, 2.75) is 15.2 Å². The van der Waals surface area contributed by atoms with E-state index < -0.39 is 319 Å². The Morgan fingerprint density at radius 3 is 1.63 bits per heavy atom. The molecule has 17 aromatic rings. The van der Waals surface area contributed by atoms with E-state index in [4.69, 9.17) is 28.7 Å². The van der Waals surface area contributed by atoms with E-state index in [0.717, 1.165) is 15.2 Å². The summed E-state index contributed by atoms with van der Waals surface area (Å²) in [7, 11) is -5.09. The van der Waals surface area contributed by atoms with Gasteiger partial charge in [0.05, 0.1) is 79.8 Å². The minimum Gasteiger partial charge on any atom is -0.309 e. The van der Waals surface area contributed by atoms with Crippen LogP contribution in [0.4, 0.5) is 0 Å². The zero-order valence-electron chi connectivity index (χ0n) is 80.6. The summed E-state index contributed by atoms with van der Waals surface area (Å²) in [4.78, 5) is 14.6. The van der Waals surface area contributed by atoms with Crippen LogP contribution in [0.25, 0.3) is 111 Å². The average Bonchev–Trinajstić information content (AvgIpc) is 1.53. The van der Waals surface area contributed by atoms with E-state index >= 15 is 0 Å². The Hall–Kier alpha value is -11.2. The summed E-state index contributed by atoms with van der Waals surface area (Å²) in [6, 6.07) is 3.76. The summed E-state index contributed by atoms with van der Waals surface area (Å²) in [6.45, 7) is 0. The topological polar surface area (TPSA) is 48.5 Å². The van der Waals surface area contributed by atoms with Crippen molar-refractivity contribution >= 4 is 106 Å². The van der Waals surface area contributed by atoms with E-state index in [1.54, 1.807) is 66.7 Å². The SMILES string of the molecule is [2H]c1cc2c(c([2H])c1[2H])Sc1c([2H])c([Si](c3cccc(-c4nc(-c5c([2H])c([2H])c([2H])c([2H])c5-n5c6c([2H])c([2H])c([2H])c([2H])c6c6c([2H])c([2H])c([2H])c([2H])c65)nc(-n5c6c([2H])c([2H])c([2H])c([2H])c6c6c([2H])c([2H])c([2H])c([2H])c65)n4)c3)(c3ccc4ccccc4c3)c3cccc4ccccc34)c([2H])c([2H])c1C21c2c([2H])c([2H])c([2H])c([2H])c2-c2c([2H])c([2H])c([2H])c([2H])c21. The molecule has 14 aromatic carbocycles. The van der Waals surface area contributed by atoms with Gasteiger partial charge in [-0.25, -0.2) is 4.98 Å². The highest BCUT2D eigenvalue weighted by Gasteiger charge is 2.51. The number of hydrogen-bond donors (Lipinski definition) is 0. The lowest BCUT2D eigenvalue weighted by molar-refractivity contribution is 0.723. The second-order valence-electron chi connectivity index (χ2n) is 21.6. The second kappa shape index (κ2) is 20.2. The van der Waals surface area contributed by atoms with Crippen LogP contribution in [0.1, 0.15) is 68.9 Å². The smallest absolute Gasteiger partial charge is 0.238 e. The molecule has 0 saturated carbocycles. The van der Waals surface area contributed by atoms with Crippen molar-refractivity contribution in [2.24, 2.45) is 0 Å². The summed E-state index contributed by atoms with van der Waals surface area (Å²) in [6.07, 6.45) is 0. The third-order valence-electron chi connectivity index (χ3n) is 17.2. The van der Waals surface area contributed by atoms with Crippen molar-refractivity contribution in [3.8, 4) is 45.5 Å². The normalized spacial score (nSPS) is 18.9. The van der Waals surface area contributed by atoms with Crippen LogP contribution in [0.3, 0.4) is 0 Å². The number of aromatic nitrogens is 5. The molecule has 1 aliphatic carbocycles. The van der Waals surface area contributed by atoms with E-state index in [9.17, 15) is 32.9 Å². The zero-order valence-corrected chi connectivity index (χ0v) is 48.4. The van der Waals surface area contributed by atoms with Gasteiger partial charge in [-0.2, -0.15) is 9.97 Å². The molecule has 19 rings (SSSR count). The van der Waals surface area contributed by atoms with E-state index in [1.807, 2.05) is 30.3 Å². The Morgan fingerprint density at radius 2 is 0.912 bits per heavy atom. The maximum atomic E-state index is 11.5. The predicted molar refractivity (Wildman–Crippen MR) is 379 cm³/mol. The van der Waals surface area contributed by atoms with Crippen LogP contribution < -0.4 is 20.7 Å². The summed E-state index contributed by atoms with van der Waals surface area (Å²) in [5.74, 6) is -2.23. The summed E-state index contributed by atoms with van der Waals surface area (Å²) in [5.41, 5.74) is -9.30. The first-order valence-corrected chi connectivity index (χ1v) is 31.2. The molecule has 1 aliphatic heterocycles. The van der Waals surface area contributed by atoms with E-state index in [1.165, 1.54) is 12.1 Å². The molecule has 91 heavy (non-hydrogen) atoms. The third kappa shape index (κ3) is 7.50. The van der Waals surface area contributed by atoms with Gasteiger partial charge in [0.2, 0.25) is 5.95 Å². The Bertz CT molecular complexity index is 7760. The molecular formula is C84H53N5SSi. The third-order valence-corrected chi connectivity index (χ3v) is 22.8. The van der Waals surface area contributed by atoms with E-state index in [2.05, 4.69) is 0 Å². The molecule has 5 nitrogen and oxygen atoms in total. The average molecular weight is 1230 g/mol. The van der Waals surface area contributed by atoms with Crippen LogP contribution >= 0.6 is 11.8 Å². The molecule has 0 radical (unpaired) electrons. The fraction of sp³-hybridized carbons (Fsp3) is 0.0119. The molecule has 0 N–H and O–H groups in total. The number of hydrogen-bond acceptors (Lipinski definition) is 4. The molecule has 424 valence electrons. The summed E-state index contributed by atoms with van der Waals surface area (Å²) >= 11 is 0.669. The van der Waals surface area contributed by atoms with Crippen LogP contribution in [-0.4, -0.2) is 32.2 Å². The molecule has 2 aliphatic rings. The number of fused-ring (bicyclic) bond motifs is 17. The standard InChI is InChI=1S/C84H53N5SSi/c1-2-25-56-51-59(48-47-54(56)23-1)91(80-46-22-26-55-24-3-4-29-61(55)80,60-49-50-72-79(53-60)90-78-45-20-14-39-71(78)84(72)69-37-12-5-30-62(69)63-31-6-13-38-70(63)84)58-28-21-27-57(52-58)81-85-82(87-83(86-81)89-75-42-17-9-34-66(75)67-35-10-18-43-76(67)89)68-36-11-19-44-77(68)88-73-40-15-7-32-64(73)65-33-8-16-41-74(65)88/h1-53H/i5D,6D,7D,8D,9D,10D,11D,12D,13D,14D,15D,16D,17D,18D,19D,20D,30D,31D,32D,33D,34D,35D,36D,37D,38D,40D,41D,42D,43D,44D,45D,49D,50D,53D. The summed E-state index contributed by atoms with van der Waals surface area (Å²) < 4.78 is 328. The van der Waals surface area contributed by atoms with Crippen molar-refractivity contribution in [2.75, 3.05) is 0 Å². The van der Waals surface area contributed by atoms with Gasteiger partial charge in [-0.3, -0.25) is 4.57 Å². The molecule has 1 unspecified atom stereocenters. The molecule has 3 aromatic heterocycles. The van der Waals surface area contributed by atoms with Gasteiger partial charge in [0, 0.05) is 42.5 Å². The quantitative estimate of drug-likeness (QED) is 0.112. The maximum Gasteiger partial charge on any atom is 0.238 e. The van der Waals surface area contributed by atoms with Gasteiger partial charge < -0.3 is 4.57 Å². The molecular weight excluding hydrogens is 1140 g/mol. The van der Waals surface area contributed by atoms with Crippen molar-refractivity contribution in [3.63, 3.8) is 0 Å². The van der Waals surface area contributed by atoms with E-state index in [-0.39, 0.29) is 31.3 Å². The van der Waals surface area contributed by atoms with Gasteiger partial charge in [-0.1, -0.05) is 284 Å². The van der Waals surface area contributed by atoms with Crippen molar-refractivity contribution in [1.82, 2.24) is 24.1 Å². The van der Waals surface area contributed by atoms with Gasteiger partial charge in [0.15, 0.2) is 19.7 Å². The van der Waals surface area contributed by atoms with Crippen LogP contribution in [0.2, 0.25) is 0 Å². The lowest BCUT2D eigenvalue weighted by Crippen LogP contribution is -2.75. The van der Waals surface area contributed by atoms with E-state index in [0.29, 0.717) is 43.7 Å². The molecule has 0 bridgehead atoms. The van der Waals surface area contributed by atoms with Crippen molar-refractivity contribution in [1.29, 1.82) is 0 Å². The molecule has 7 heteroatoms. The highest BCUT2D eigenvalue weighted by Crippen LogP contribution is 2.62. The largest absolute Gasteiger partial charge is 0.309 e.